The molecule has 5 heteroatoms. The van der Waals surface area contributed by atoms with Gasteiger partial charge in [0.2, 0.25) is 0 Å². The summed E-state index contributed by atoms with van der Waals surface area (Å²) in [6.07, 6.45) is 2.14. The number of benzene rings is 1. The fourth-order valence-electron chi connectivity index (χ4n) is 2.83. The van der Waals surface area contributed by atoms with Gasteiger partial charge in [0.05, 0.1) is 5.56 Å². The first-order chi connectivity index (χ1) is 9.88. The van der Waals surface area contributed by atoms with Gasteiger partial charge in [-0.1, -0.05) is 13.8 Å². The van der Waals surface area contributed by atoms with Gasteiger partial charge in [-0.2, -0.15) is 0 Å². The first-order valence-corrected chi connectivity index (χ1v) is 7.30. The van der Waals surface area contributed by atoms with Crippen LogP contribution in [0.3, 0.4) is 0 Å². The molecule has 2 amide bonds. The lowest BCUT2D eigenvalue weighted by atomic mass is 9.98. The lowest BCUT2D eigenvalue weighted by Crippen LogP contribution is -2.40. The van der Waals surface area contributed by atoms with Crippen molar-refractivity contribution in [2.24, 2.45) is 11.8 Å². The minimum atomic E-state index is -0.970. The maximum absolute atomic E-state index is 12.1. The van der Waals surface area contributed by atoms with Gasteiger partial charge in [0.1, 0.15) is 0 Å². The van der Waals surface area contributed by atoms with Gasteiger partial charge < -0.3 is 15.7 Å². The number of carbonyl (C=O) groups is 2. The number of rotatable bonds is 3. The van der Waals surface area contributed by atoms with Crippen LogP contribution in [0.1, 0.15) is 42.6 Å². The third-order valence-corrected chi connectivity index (χ3v) is 4.50. The van der Waals surface area contributed by atoms with E-state index in [0.29, 0.717) is 17.5 Å². The molecule has 21 heavy (non-hydrogen) atoms. The zero-order chi connectivity index (χ0) is 15.6. The number of carboxylic acid groups (broad SMARTS) is 1. The minimum Gasteiger partial charge on any atom is -0.478 e. The van der Waals surface area contributed by atoms with Crippen molar-refractivity contribution in [2.45, 2.75) is 39.7 Å². The molecule has 0 aliphatic heterocycles. The first kappa shape index (κ1) is 15.4. The summed E-state index contributed by atoms with van der Waals surface area (Å²) in [4.78, 5) is 22.9. The molecule has 0 aromatic heterocycles. The number of amides is 2. The summed E-state index contributed by atoms with van der Waals surface area (Å²) in [5.74, 6) is 0.140. The zero-order valence-corrected chi connectivity index (χ0v) is 12.6. The van der Waals surface area contributed by atoms with Crippen LogP contribution in [0, 0.1) is 18.8 Å². The summed E-state index contributed by atoms with van der Waals surface area (Å²) >= 11 is 0. The van der Waals surface area contributed by atoms with Crippen molar-refractivity contribution in [3.63, 3.8) is 0 Å². The van der Waals surface area contributed by atoms with E-state index in [0.717, 1.165) is 18.4 Å². The van der Waals surface area contributed by atoms with Gasteiger partial charge in [-0.15, -0.1) is 0 Å². The Morgan fingerprint density at radius 3 is 2.48 bits per heavy atom. The van der Waals surface area contributed by atoms with E-state index in [1.807, 2.05) is 0 Å². The van der Waals surface area contributed by atoms with E-state index < -0.39 is 5.97 Å². The number of aromatic carboxylic acids is 1. The minimum absolute atomic E-state index is 0.207. The molecule has 1 saturated carbocycles. The van der Waals surface area contributed by atoms with Crippen LogP contribution in [0.15, 0.2) is 18.2 Å². The van der Waals surface area contributed by atoms with Crippen molar-refractivity contribution in [2.75, 3.05) is 5.32 Å². The number of carbonyl (C=O) groups excluding carboxylic acids is 1. The molecule has 1 aliphatic carbocycles. The monoisotopic (exact) mass is 290 g/mol. The fourth-order valence-corrected chi connectivity index (χ4v) is 2.83. The number of aryl methyl sites for hydroxylation is 1. The maximum atomic E-state index is 12.1. The third-order valence-electron chi connectivity index (χ3n) is 4.50. The Morgan fingerprint density at radius 1 is 1.24 bits per heavy atom. The molecule has 1 aromatic rings. The Hall–Kier alpha value is -2.04. The van der Waals surface area contributed by atoms with Crippen molar-refractivity contribution in [3.05, 3.63) is 29.3 Å². The molecule has 3 unspecified atom stereocenters. The predicted octanol–water partition coefficient (Wildman–Crippen LogP) is 3.25. The second-order valence-corrected chi connectivity index (χ2v) is 5.95. The van der Waals surface area contributed by atoms with Crippen LogP contribution in [0.4, 0.5) is 10.5 Å². The highest BCUT2D eigenvalue weighted by Crippen LogP contribution is 2.31. The summed E-state index contributed by atoms with van der Waals surface area (Å²) in [5, 5.41) is 14.7. The Morgan fingerprint density at radius 2 is 1.95 bits per heavy atom. The van der Waals surface area contributed by atoms with Crippen LogP contribution in [0.5, 0.6) is 0 Å². The number of carboxylic acids is 1. The summed E-state index contributed by atoms with van der Waals surface area (Å²) in [6, 6.07) is 4.65. The molecule has 5 nitrogen and oxygen atoms in total. The summed E-state index contributed by atoms with van der Waals surface area (Å²) in [7, 11) is 0. The van der Waals surface area contributed by atoms with Crippen LogP contribution in [0.2, 0.25) is 0 Å². The van der Waals surface area contributed by atoms with Crippen LogP contribution in [-0.4, -0.2) is 23.1 Å². The molecular weight excluding hydrogens is 268 g/mol. The molecule has 1 aromatic carbocycles. The number of anilines is 1. The largest absolute Gasteiger partial charge is 0.478 e. The SMILES string of the molecule is Cc1cc(C(=O)O)ccc1NC(=O)NC1CCC(C)C1C. The fraction of sp³-hybridized carbons (Fsp3) is 0.500. The van der Waals surface area contributed by atoms with Crippen molar-refractivity contribution in [1.29, 1.82) is 0 Å². The van der Waals surface area contributed by atoms with E-state index in [4.69, 9.17) is 5.11 Å². The van der Waals surface area contributed by atoms with Gasteiger partial charge in [-0.25, -0.2) is 9.59 Å². The van der Waals surface area contributed by atoms with E-state index >= 15 is 0 Å². The van der Waals surface area contributed by atoms with Crippen LogP contribution >= 0.6 is 0 Å². The molecule has 2 rings (SSSR count). The highest BCUT2D eigenvalue weighted by atomic mass is 16.4. The molecule has 0 radical (unpaired) electrons. The summed E-state index contributed by atoms with van der Waals surface area (Å²) < 4.78 is 0. The number of hydrogen-bond donors (Lipinski definition) is 3. The highest BCUT2D eigenvalue weighted by Gasteiger charge is 2.30. The topological polar surface area (TPSA) is 78.4 Å². The average molecular weight is 290 g/mol. The Kier molecular flexibility index (Phi) is 4.50. The molecule has 0 saturated heterocycles. The van der Waals surface area contributed by atoms with Crippen LogP contribution in [-0.2, 0) is 0 Å². The van der Waals surface area contributed by atoms with E-state index in [9.17, 15) is 9.59 Å². The van der Waals surface area contributed by atoms with Gasteiger partial charge in [0, 0.05) is 11.7 Å². The lowest BCUT2D eigenvalue weighted by molar-refractivity contribution is 0.0697. The predicted molar refractivity (Wildman–Crippen MR) is 81.6 cm³/mol. The molecule has 0 heterocycles. The third kappa shape index (κ3) is 3.54. The van der Waals surface area contributed by atoms with Gasteiger partial charge in [-0.05, 0) is 55.4 Å². The second kappa shape index (κ2) is 6.16. The van der Waals surface area contributed by atoms with Crippen LogP contribution < -0.4 is 10.6 Å². The van der Waals surface area contributed by atoms with Crippen molar-refractivity contribution in [3.8, 4) is 0 Å². The number of urea groups is 1. The van der Waals surface area contributed by atoms with E-state index in [1.165, 1.54) is 6.07 Å². The van der Waals surface area contributed by atoms with Gasteiger partial charge in [0.25, 0.3) is 0 Å². The van der Waals surface area contributed by atoms with Crippen LogP contribution in [0.25, 0.3) is 0 Å². The Bertz CT molecular complexity index is 556. The van der Waals surface area contributed by atoms with Gasteiger partial charge in [-0.3, -0.25) is 0 Å². The van der Waals surface area contributed by atoms with E-state index in [2.05, 4.69) is 24.5 Å². The Balaban J connectivity index is 1.98. The molecule has 114 valence electrons. The number of hydrogen-bond acceptors (Lipinski definition) is 2. The summed E-state index contributed by atoms with van der Waals surface area (Å²) in [6.45, 7) is 6.15. The quantitative estimate of drug-likeness (QED) is 0.799. The standard InChI is InChI=1S/C16H22N2O3/c1-9-4-6-14(11(9)3)18-16(21)17-13-7-5-12(15(19)20)8-10(13)2/h5,7-9,11,14H,4,6H2,1-3H3,(H,19,20)(H2,17,18,21). The maximum Gasteiger partial charge on any atom is 0.335 e. The number of nitrogens with one attached hydrogen (secondary N) is 2. The average Bonchev–Trinajstić information content (AvgIpc) is 2.73. The summed E-state index contributed by atoms with van der Waals surface area (Å²) in [5.41, 5.74) is 1.59. The van der Waals surface area contributed by atoms with E-state index in [1.54, 1.807) is 19.1 Å². The smallest absolute Gasteiger partial charge is 0.335 e. The van der Waals surface area contributed by atoms with E-state index in [-0.39, 0.29) is 17.6 Å². The molecule has 1 fully saturated rings. The van der Waals surface area contributed by atoms with Crippen molar-refractivity contribution in [1.82, 2.24) is 5.32 Å². The second-order valence-electron chi connectivity index (χ2n) is 5.95. The van der Waals surface area contributed by atoms with Gasteiger partial charge in [0.15, 0.2) is 0 Å². The first-order valence-electron chi connectivity index (χ1n) is 7.30. The molecule has 3 atom stereocenters. The lowest BCUT2D eigenvalue weighted by Gasteiger charge is -2.20. The normalized spacial score (nSPS) is 24.6. The molecule has 1 aliphatic rings. The highest BCUT2D eigenvalue weighted by molar-refractivity contribution is 5.92. The molecule has 0 spiro atoms. The Labute approximate surface area is 124 Å². The van der Waals surface area contributed by atoms with Gasteiger partial charge >= 0.3 is 12.0 Å². The van der Waals surface area contributed by atoms with Crippen molar-refractivity contribution < 1.29 is 14.7 Å². The zero-order valence-electron chi connectivity index (χ0n) is 12.6. The molecular formula is C16H22N2O3. The molecule has 0 bridgehead atoms. The van der Waals surface area contributed by atoms with Crippen molar-refractivity contribution >= 4 is 17.7 Å². The molecule has 3 N–H and O–H groups in total.